The van der Waals surface area contributed by atoms with E-state index in [-0.39, 0.29) is 24.9 Å². The highest BCUT2D eigenvalue weighted by molar-refractivity contribution is 6.08. The van der Waals surface area contributed by atoms with Crippen molar-refractivity contribution in [2.45, 2.75) is 70.4 Å². The Kier molecular flexibility index (Phi) is 9.70. The molecule has 0 spiro atoms. The van der Waals surface area contributed by atoms with Gasteiger partial charge in [0.15, 0.2) is 5.60 Å². The Hall–Kier alpha value is -3.57. The van der Waals surface area contributed by atoms with Gasteiger partial charge in [0, 0.05) is 68.9 Å². The number of piperidine rings is 1. The maximum atomic E-state index is 13.8. The molecule has 11 heteroatoms. The molecule has 11 nitrogen and oxygen atoms in total. The Morgan fingerprint density at radius 1 is 1.23 bits per heavy atom. The number of ether oxygens (including phenoxy) is 1. The summed E-state index contributed by atoms with van der Waals surface area (Å²) in [6, 6.07) is 5.44. The van der Waals surface area contributed by atoms with Gasteiger partial charge in [-0.05, 0) is 50.3 Å². The largest absolute Gasteiger partial charge is 0.469 e. The highest BCUT2D eigenvalue weighted by atomic mass is 16.5. The first kappa shape index (κ1) is 29.4. The molecule has 0 bridgehead atoms. The lowest BCUT2D eigenvalue weighted by Gasteiger charge is -2.30. The van der Waals surface area contributed by atoms with Crippen molar-refractivity contribution in [1.82, 2.24) is 15.0 Å². The molecule has 2 N–H and O–H groups in total. The van der Waals surface area contributed by atoms with Crippen LogP contribution in [0.2, 0.25) is 0 Å². The number of aliphatic hydroxyl groups is 2. The number of anilines is 2. The summed E-state index contributed by atoms with van der Waals surface area (Å²) in [6.45, 7) is 3.36. The van der Waals surface area contributed by atoms with Crippen molar-refractivity contribution in [2.24, 2.45) is 5.92 Å². The first-order valence-electron chi connectivity index (χ1n) is 14.0. The molecule has 40 heavy (non-hydrogen) atoms. The van der Waals surface area contributed by atoms with Gasteiger partial charge < -0.3 is 24.7 Å². The lowest BCUT2D eigenvalue weighted by molar-refractivity contribution is -0.140. The third kappa shape index (κ3) is 6.26. The Labute approximate surface area is 234 Å². The number of hydrogen-bond donors (Lipinski definition) is 2. The molecule has 1 fully saturated rings. The number of aryl methyl sites for hydroxylation is 1. The van der Waals surface area contributed by atoms with Gasteiger partial charge in [-0.15, -0.1) is 5.10 Å². The van der Waals surface area contributed by atoms with E-state index in [9.17, 15) is 19.5 Å². The number of methoxy groups -OCH3 is 1. The summed E-state index contributed by atoms with van der Waals surface area (Å²) < 4.78 is 6.41. The second-order valence-electron chi connectivity index (χ2n) is 10.4. The summed E-state index contributed by atoms with van der Waals surface area (Å²) in [5, 5.41) is 29.2. The Bertz CT molecular complexity index is 1240. The van der Waals surface area contributed by atoms with Crippen LogP contribution in [0.25, 0.3) is 0 Å². The van der Waals surface area contributed by atoms with Crippen molar-refractivity contribution in [3.05, 3.63) is 47.8 Å². The monoisotopic (exact) mass is 553 g/mol. The number of hydrogen-bond acceptors (Lipinski definition) is 8. The molecule has 1 aromatic carbocycles. The zero-order valence-corrected chi connectivity index (χ0v) is 23.3. The van der Waals surface area contributed by atoms with Crippen LogP contribution < -0.4 is 9.80 Å². The number of allylic oxidation sites excluding steroid dienone is 1. The fourth-order valence-electron chi connectivity index (χ4n) is 5.37. The van der Waals surface area contributed by atoms with E-state index in [4.69, 9.17) is 9.84 Å². The second-order valence-corrected chi connectivity index (χ2v) is 10.4. The van der Waals surface area contributed by atoms with Gasteiger partial charge in [-0.3, -0.25) is 19.1 Å². The first-order chi connectivity index (χ1) is 19.3. The van der Waals surface area contributed by atoms with Crippen molar-refractivity contribution in [2.75, 3.05) is 36.6 Å². The Balaban J connectivity index is 1.54. The topological polar surface area (TPSA) is 138 Å². The molecular formula is C29H39N5O6. The minimum absolute atomic E-state index is 0.0140. The molecule has 2 aliphatic heterocycles. The van der Waals surface area contributed by atoms with Gasteiger partial charge in [0.05, 0.1) is 18.5 Å². The molecule has 2 amide bonds. The number of aliphatic hydroxyl groups excluding tert-OH is 1. The number of aromatic nitrogens is 3. The van der Waals surface area contributed by atoms with Gasteiger partial charge in [-0.2, -0.15) is 0 Å². The number of fused-ring (bicyclic) bond motifs is 1. The average Bonchev–Trinajstić information content (AvgIpc) is 3.49. The van der Waals surface area contributed by atoms with Gasteiger partial charge in [0.1, 0.15) is 0 Å². The van der Waals surface area contributed by atoms with E-state index >= 15 is 0 Å². The number of nitrogens with zero attached hydrogens (tertiary/aromatic N) is 5. The molecule has 0 unspecified atom stereocenters. The molecular weight excluding hydrogens is 514 g/mol. The molecule has 2 aliphatic rings. The van der Waals surface area contributed by atoms with Crippen LogP contribution in [0.5, 0.6) is 0 Å². The van der Waals surface area contributed by atoms with Crippen molar-refractivity contribution in [1.29, 1.82) is 0 Å². The second kappa shape index (κ2) is 13.2. The van der Waals surface area contributed by atoms with Crippen LogP contribution in [0.4, 0.5) is 11.4 Å². The number of unbranched alkanes of at least 4 members (excludes halogenated alkanes) is 1. The highest BCUT2D eigenvalue weighted by Crippen LogP contribution is 2.47. The lowest BCUT2D eigenvalue weighted by Crippen LogP contribution is -2.44. The maximum Gasteiger partial charge on any atom is 0.305 e. The minimum atomic E-state index is -1.80. The van der Waals surface area contributed by atoms with Crippen molar-refractivity contribution >= 4 is 29.2 Å². The number of amides is 2. The van der Waals surface area contributed by atoms with E-state index in [1.54, 1.807) is 26.7 Å². The van der Waals surface area contributed by atoms with Gasteiger partial charge in [-0.25, -0.2) is 0 Å². The predicted octanol–water partition coefficient (Wildman–Crippen LogP) is 2.49. The quantitative estimate of drug-likeness (QED) is 0.219. The van der Waals surface area contributed by atoms with Gasteiger partial charge in [0.25, 0.3) is 5.91 Å². The fraction of sp³-hybridized carbons (Fsp3) is 0.552. The number of esters is 1. The zero-order valence-electron chi connectivity index (χ0n) is 23.3. The van der Waals surface area contributed by atoms with Crippen LogP contribution in [0.15, 0.2) is 36.5 Å². The average molecular weight is 554 g/mol. The third-order valence-electron chi connectivity index (χ3n) is 7.69. The van der Waals surface area contributed by atoms with Crippen LogP contribution in [0.1, 0.15) is 63.1 Å². The van der Waals surface area contributed by atoms with Crippen LogP contribution in [0, 0.1) is 5.92 Å². The van der Waals surface area contributed by atoms with E-state index in [0.29, 0.717) is 68.7 Å². The van der Waals surface area contributed by atoms with Crippen LogP contribution >= 0.6 is 0 Å². The van der Waals surface area contributed by atoms with Crippen LogP contribution in [-0.4, -0.2) is 69.8 Å². The first-order valence-corrected chi connectivity index (χ1v) is 14.0. The number of benzene rings is 1. The number of rotatable bonds is 13. The third-order valence-corrected chi connectivity index (χ3v) is 7.69. The summed E-state index contributed by atoms with van der Waals surface area (Å²) in [7, 11) is 1.35. The molecule has 216 valence electrons. The van der Waals surface area contributed by atoms with E-state index < -0.39 is 17.4 Å². The molecule has 0 aliphatic carbocycles. The zero-order chi connectivity index (χ0) is 28.7. The van der Waals surface area contributed by atoms with Gasteiger partial charge in [0.2, 0.25) is 5.91 Å². The van der Waals surface area contributed by atoms with Gasteiger partial charge >= 0.3 is 5.97 Å². The predicted molar refractivity (Wildman–Crippen MR) is 148 cm³/mol. The molecule has 2 atom stereocenters. The summed E-state index contributed by atoms with van der Waals surface area (Å²) >= 11 is 0. The standard InChI is InChI=1S/C29H39N5O6/c1-21(9-3-6-15-32-20-22(14-18-35)30-31-32)29(39)24-19-23(33-16-7-4-10-26(33)36)12-13-25(24)34(28(29)38)17-8-5-11-27(37)40-2/h3,9,12-13,19-21,35,39H,4-8,10-11,14-18H2,1-2H3/b9-3+/t21-,29+/m1/s1. The molecule has 1 saturated heterocycles. The molecule has 1 aromatic heterocycles. The number of carbonyl (C=O) groups excluding carboxylic acids is 3. The highest BCUT2D eigenvalue weighted by Gasteiger charge is 2.52. The molecule has 0 radical (unpaired) electrons. The molecule has 3 heterocycles. The molecule has 2 aromatic rings. The van der Waals surface area contributed by atoms with Gasteiger partial charge in [-0.1, -0.05) is 24.3 Å². The molecule has 4 rings (SSSR count). The van der Waals surface area contributed by atoms with E-state index in [1.807, 2.05) is 31.2 Å². The maximum absolute atomic E-state index is 13.8. The summed E-state index contributed by atoms with van der Waals surface area (Å²) in [5.41, 5.74) is 0.714. The van der Waals surface area contributed by atoms with Crippen LogP contribution in [-0.2, 0) is 37.7 Å². The number of carbonyl (C=O) groups is 3. The normalized spacial score (nSPS) is 19.9. The van der Waals surface area contributed by atoms with E-state index in [0.717, 1.165) is 18.5 Å². The molecule has 0 saturated carbocycles. The SMILES string of the molecule is COC(=O)CCCCN1C(=O)[C@](O)([C@H](C)/C=C/CCn2cc(CCO)nn2)c2cc(N3CCCCC3=O)ccc21. The Morgan fingerprint density at radius 2 is 2.05 bits per heavy atom. The Morgan fingerprint density at radius 3 is 2.80 bits per heavy atom. The van der Waals surface area contributed by atoms with Crippen molar-refractivity contribution in [3.8, 4) is 0 Å². The van der Waals surface area contributed by atoms with E-state index in [2.05, 4.69) is 10.3 Å². The van der Waals surface area contributed by atoms with Crippen LogP contribution in [0.3, 0.4) is 0 Å². The van der Waals surface area contributed by atoms with Crippen molar-refractivity contribution < 1.29 is 29.3 Å². The summed E-state index contributed by atoms with van der Waals surface area (Å²) in [4.78, 5) is 41.3. The summed E-state index contributed by atoms with van der Waals surface area (Å²) in [6.07, 6.45) is 10.3. The summed E-state index contributed by atoms with van der Waals surface area (Å²) in [5.74, 6) is -1.21. The minimum Gasteiger partial charge on any atom is -0.469 e. The van der Waals surface area contributed by atoms with Crippen molar-refractivity contribution in [3.63, 3.8) is 0 Å². The lowest BCUT2D eigenvalue weighted by atomic mass is 9.82. The fourth-order valence-corrected chi connectivity index (χ4v) is 5.37. The van der Waals surface area contributed by atoms with E-state index in [1.165, 1.54) is 7.11 Å². The smallest absolute Gasteiger partial charge is 0.305 e.